The summed E-state index contributed by atoms with van der Waals surface area (Å²) in [5.41, 5.74) is -0.113. The first-order chi connectivity index (χ1) is 5.26. The summed E-state index contributed by atoms with van der Waals surface area (Å²) in [4.78, 5) is 11.4. The number of hydrogen-bond acceptors (Lipinski definition) is 2. The lowest BCUT2D eigenvalue weighted by atomic mass is 9.82. The minimum absolute atomic E-state index is 0.0567. The van der Waals surface area contributed by atoms with Crippen molar-refractivity contribution in [2.75, 3.05) is 0 Å². The fourth-order valence-corrected chi connectivity index (χ4v) is 2.24. The molecule has 0 unspecified atom stereocenters. The van der Waals surface area contributed by atoms with Gasteiger partial charge in [-0.05, 0) is 27.7 Å². The van der Waals surface area contributed by atoms with Crippen molar-refractivity contribution in [2.24, 2.45) is 0 Å². The maximum Gasteiger partial charge on any atom is 0.136 e. The topological polar surface area (TPSA) is 20.3 Å². The molecule has 1 rings (SSSR count). The quantitative estimate of drug-likeness (QED) is 0.600. The third-order valence-electron chi connectivity index (χ3n) is 2.32. The minimum Gasteiger partial charge on any atom is -0.300 e. The largest absolute Gasteiger partial charge is 0.300 e. The Morgan fingerprint density at radius 3 is 1.83 bits per heavy atom. The average Bonchev–Trinajstić information content (AvgIpc) is 1.80. The van der Waals surface area contributed by atoms with Crippen LogP contribution in [0.1, 0.15) is 40.5 Å². The number of nitrogens with zero attached hydrogens (tertiary/aromatic N) is 1. The van der Waals surface area contributed by atoms with Crippen molar-refractivity contribution in [1.29, 1.82) is 0 Å². The van der Waals surface area contributed by atoms with Crippen molar-refractivity contribution in [2.45, 2.75) is 51.6 Å². The van der Waals surface area contributed by atoms with Gasteiger partial charge in [-0.3, -0.25) is 4.79 Å². The summed E-state index contributed by atoms with van der Waals surface area (Å²) in [7, 11) is 0. The number of rotatable bonds is 0. The van der Waals surface area contributed by atoms with Gasteiger partial charge >= 0.3 is 0 Å². The highest BCUT2D eigenvalue weighted by Crippen LogP contribution is 2.38. The molecule has 0 radical (unpaired) electrons. The molecule has 1 aliphatic rings. The van der Waals surface area contributed by atoms with Crippen molar-refractivity contribution in [3.8, 4) is 0 Å². The summed E-state index contributed by atoms with van der Waals surface area (Å²) in [6.45, 7) is 8.34. The molecule has 12 heavy (non-hydrogen) atoms. The van der Waals surface area contributed by atoms with E-state index in [1.165, 1.54) is 0 Å². The van der Waals surface area contributed by atoms with Gasteiger partial charge in [0.15, 0.2) is 0 Å². The Kier molecular flexibility index (Phi) is 2.39. The molecule has 3 heteroatoms. The third-order valence-corrected chi connectivity index (χ3v) is 4.24. The molecule has 1 heterocycles. The standard InChI is InChI=1S/C9H16BrNO/c1-8(2)5-7(12)6-9(3,4)11(8)10/h5-6H2,1-4H3. The summed E-state index contributed by atoms with van der Waals surface area (Å²) in [6.07, 6.45) is 1.28. The van der Waals surface area contributed by atoms with Gasteiger partial charge in [0, 0.05) is 40.1 Å². The Hall–Kier alpha value is 0.110. The predicted molar refractivity (Wildman–Crippen MR) is 53.2 cm³/mol. The normalized spacial score (nSPS) is 28.9. The lowest BCUT2D eigenvalue weighted by molar-refractivity contribution is -0.127. The van der Waals surface area contributed by atoms with Crippen LogP contribution in [0.5, 0.6) is 0 Å². The highest BCUT2D eigenvalue weighted by atomic mass is 79.9. The van der Waals surface area contributed by atoms with E-state index in [0.29, 0.717) is 18.6 Å². The van der Waals surface area contributed by atoms with Gasteiger partial charge in [-0.25, -0.2) is 3.93 Å². The van der Waals surface area contributed by atoms with Gasteiger partial charge in [-0.2, -0.15) is 0 Å². The zero-order valence-electron chi connectivity index (χ0n) is 8.15. The molecular weight excluding hydrogens is 218 g/mol. The fourth-order valence-electron chi connectivity index (χ4n) is 1.99. The Balaban J connectivity index is 2.91. The fraction of sp³-hybridized carbons (Fsp3) is 0.889. The summed E-state index contributed by atoms with van der Waals surface area (Å²) in [6, 6.07) is 0. The van der Waals surface area contributed by atoms with Crippen molar-refractivity contribution in [3.05, 3.63) is 0 Å². The molecule has 0 aromatic rings. The van der Waals surface area contributed by atoms with Gasteiger partial charge in [-0.15, -0.1) is 0 Å². The second kappa shape index (κ2) is 2.81. The average molecular weight is 234 g/mol. The first kappa shape index (κ1) is 10.2. The lowest BCUT2D eigenvalue weighted by Gasteiger charge is -2.47. The van der Waals surface area contributed by atoms with E-state index in [1.807, 2.05) is 0 Å². The highest BCUT2D eigenvalue weighted by Gasteiger charge is 2.43. The Labute approximate surface area is 82.7 Å². The molecular formula is C9H16BrNO. The molecule has 0 atom stereocenters. The van der Waals surface area contributed by atoms with E-state index >= 15 is 0 Å². The summed E-state index contributed by atoms with van der Waals surface area (Å²) >= 11 is 3.54. The van der Waals surface area contributed by atoms with Gasteiger partial charge in [-0.1, -0.05) is 0 Å². The summed E-state index contributed by atoms with van der Waals surface area (Å²) in [5.74, 6) is 0.362. The van der Waals surface area contributed by atoms with Crippen LogP contribution < -0.4 is 0 Å². The van der Waals surface area contributed by atoms with Gasteiger partial charge in [0.2, 0.25) is 0 Å². The molecule has 70 valence electrons. The monoisotopic (exact) mass is 233 g/mol. The van der Waals surface area contributed by atoms with Crippen LogP contribution in [0.15, 0.2) is 0 Å². The van der Waals surface area contributed by atoms with Crippen LogP contribution in [0.25, 0.3) is 0 Å². The van der Waals surface area contributed by atoms with Gasteiger partial charge in [0.05, 0.1) is 0 Å². The Morgan fingerprint density at radius 2 is 1.50 bits per heavy atom. The predicted octanol–water partition coefficient (Wildman–Crippen LogP) is 2.52. The Morgan fingerprint density at radius 1 is 1.17 bits per heavy atom. The van der Waals surface area contributed by atoms with Crippen LogP contribution >= 0.6 is 16.1 Å². The SMILES string of the molecule is CC1(C)CC(=O)CC(C)(C)N1Br. The molecule has 0 aromatic heterocycles. The second-order valence-electron chi connectivity index (χ2n) is 4.80. The van der Waals surface area contributed by atoms with Crippen LogP contribution in [0.4, 0.5) is 0 Å². The lowest BCUT2D eigenvalue weighted by Crippen LogP contribution is -2.55. The van der Waals surface area contributed by atoms with Crippen molar-refractivity contribution in [1.82, 2.24) is 3.93 Å². The molecule has 1 saturated heterocycles. The number of Topliss-reactive ketones (excluding diaryl/α,β-unsaturated/α-hetero) is 1. The van der Waals surface area contributed by atoms with E-state index in [2.05, 4.69) is 47.8 Å². The van der Waals surface area contributed by atoms with Crippen LogP contribution in [0.3, 0.4) is 0 Å². The first-order valence-electron chi connectivity index (χ1n) is 4.23. The number of hydrogen-bond donors (Lipinski definition) is 0. The van der Waals surface area contributed by atoms with Crippen molar-refractivity contribution >= 4 is 21.9 Å². The van der Waals surface area contributed by atoms with Gasteiger partial charge in [0.1, 0.15) is 5.78 Å². The molecule has 0 aromatic carbocycles. The Bertz CT molecular complexity index is 191. The third kappa shape index (κ3) is 1.72. The van der Waals surface area contributed by atoms with Crippen molar-refractivity contribution in [3.63, 3.8) is 0 Å². The molecule has 0 amide bonds. The van der Waals surface area contributed by atoms with Crippen LogP contribution in [-0.4, -0.2) is 20.8 Å². The van der Waals surface area contributed by atoms with Crippen molar-refractivity contribution < 1.29 is 4.79 Å². The van der Waals surface area contributed by atoms with Crippen LogP contribution in [0, 0.1) is 0 Å². The zero-order chi connectivity index (χ0) is 9.57. The molecule has 1 aliphatic heterocycles. The number of ketones is 1. The van der Waals surface area contributed by atoms with E-state index < -0.39 is 0 Å². The molecule has 0 aliphatic carbocycles. The summed E-state index contributed by atoms with van der Waals surface area (Å²) in [5, 5.41) is 0. The first-order valence-corrected chi connectivity index (χ1v) is 4.94. The number of carbonyl (C=O) groups is 1. The molecule has 0 saturated carbocycles. The zero-order valence-corrected chi connectivity index (χ0v) is 9.73. The number of halogens is 1. The van der Waals surface area contributed by atoms with Gasteiger partial charge < -0.3 is 0 Å². The maximum atomic E-state index is 11.4. The van der Waals surface area contributed by atoms with Crippen LogP contribution in [-0.2, 0) is 4.79 Å². The number of piperidine rings is 1. The summed E-state index contributed by atoms with van der Waals surface area (Å²) < 4.78 is 2.12. The maximum absolute atomic E-state index is 11.4. The van der Waals surface area contributed by atoms with E-state index in [-0.39, 0.29) is 11.1 Å². The van der Waals surface area contributed by atoms with Gasteiger partial charge in [0.25, 0.3) is 0 Å². The molecule has 0 bridgehead atoms. The second-order valence-corrected chi connectivity index (χ2v) is 5.51. The molecule has 0 spiro atoms. The molecule has 1 fully saturated rings. The minimum atomic E-state index is -0.0567. The smallest absolute Gasteiger partial charge is 0.136 e. The van der Waals surface area contributed by atoms with E-state index in [1.54, 1.807) is 0 Å². The molecule has 0 N–H and O–H groups in total. The highest BCUT2D eigenvalue weighted by molar-refractivity contribution is 9.07. The van der Waals surface area contributed by atoms with E-state index in [0.717, 1.165) is 0 Å². The van der Waals surface area contributed by atoms with E-state index in [9.17, 15) is 4.79 Å². The van der Waals surface area contributed by atoms with E-state index in [4.69, 9.17) is 0 Å². The molecule has 2 nitrogen and oxygen atoms in total. The number of carbonyl (C=O) groups excluding carboxylic acids is 1. The van der Waals surface area contributed by atoms with Crippen LogP contribution in [0.2, 0.25) is 0 Å².